The predicted molar refractivity (Wildman–Crippen MR) is 293 cm³/mol. The first-order chi connectivity index (χ1) is 34.4. The molecule has 0 aliphatic carbocycles. The minimum Gasteiger partial charge on any atom is -0.191 e. The Hall–Kier alpha value is -8.20. The lowest BCUT2D eigenvalue weighted by Gasteiger charge is -2.47. The first kappa shape index (κ1) is 41.9. The van der Waals surface area contributed by atoms with Crippen LogP contribution in [0.15, 0.2) is 237 Å². The fourth-order valence-corrected chi connectivity index (χ4v) is 12.6. The van der Waals surface area contributed by atoms with Gasteiger partial charge in [-0.05, 0) is 144 Å². The molecule has 2 atom stereocenters. The molecule has 4 heterocycles. The summed E-state index contributed by atoms with van der Waals surface area (Å²) in [4.78, 5) is 0. The van der Waals surface area contributed by atoms with Crippen molar-refractivity contribution < 1.29 is 8.97 Å². The first-order valence-electron chi connectivity index (χ1n) is 25.1. The fraction of sp³-hybridized carbons (Fsp3) is 0.118. The third kappa shape index (κ3) is 6.47. The molecule has 9 aromatic carbocycles. The van der Waals surface area contributed by atoms with E-state index in [0.717, 1.165) is 19.3 Å². The van der Waals surface area contributed by atoms with Gasteiger partial charge in [0, 0.05) is 30.7 Å². The van der Waals surface area contributed by atoms with E-state index >= 15 is 0 Å². The summed E-state index contributed by atoms with van der Waals surface area (Å²) in [6.45, 7) is 7.35. The summed E-state index contributed by atoms with van der Waals surface area (Å²) in [5.74, 6) is 0. The zero-order valence-corrected chi connectivity index (χ0v) is 40.0. The molecule has 0 saturated carbocycles. The number of fused-ring (bicyclic) bond motifs is 10. The van der Waals surface area contributed by atoms with Crippen LogP contribution in [0.1, 0.15) is 44.9 Å². The smallest absolute Gasteiger partial charge is 0.191 e. The zero-order chi connectivity index (χ0) is 47.0. The highest BCUT2D eigenvalue weighted by molar-refractivity contribution is 6.07. The van der Waals surface area contributed by atoms with Crippen LogP contribution in [-0.2, 0) is 17.4 Å². The number of rotatable bonds is 8. The maximum absolute atomic E-state index is 2.66. The molecule has 1 aliphatic heterocycles. The van der Waals surface area contributed by atoms with Crippen LogP contribution in [0.5, 0.6) is 0 Å². The van der Waals surface area contributed by atoms with Crippen molar-refractivity contribution in [2.24, 2.45) is 0 Å². The predicted octanol–water partition coefficient (Wildman–Crippen LogP) is 16.7. The normalized spacial score (nSPS) is 16.5. The zero-order valence-electron chi connectivity index (χ0n) is 40.0. The van der Waals surface area contributed by atoms with Gasteiger partial charge in [-0.15, -0.1) is 0 Å². The molecule has 0 amide bonds. The minimum absolute atomic E-state index is 0.189. The number of pyridine rings is 3. The van der Waals surface area contributed by atoms with E-state index < -0.39 is 0 Å². The van der Waals surface area contributed by atoms with Crippen LogP contribution in [0.4, 0.5) is 0 Å². The molecule has 0 saturated heterocycles. The Balaban J connectivity index is 0.948. The number of hydrogen-bond donors (Lipinski definition) is 0. The van der Waals surface area contributed by atoms with Gasteiger partial charge >= 0.3 is 0 Å². The number of nitrogens with zero attached hydrogens (tertiary/aromatic N) is 2. The van der Waals surface area contributed by atoms with E-state index in [4.69, 9.17) is 0 Å². The molecule has 334 valence electrons. The molecular weight excluding hydrogens is 845 g/mol. The molecule has 2 unspecified atom stereocenters. The second kappa shape index (κ2) is 16.5. The van der Waals surface area contributed by atoms with Crippen molar-refractivity contribution in [1.29, 1.82) is 0 Å². The Morgan fingerprint density at radius 2 is 0.886 bits per heavy atom. The highest BCUT2D eigenvalue weighted by atomic mass is 15.1. The van der Waals surface area contributed by atoms with Crippen molar-refractivity contribution in [3.63, 3.8) is 0 Å². The van der Waals surface area contributed by atoms with Gasteiger partial charge in [0.2, 0.25) is 11.2 Å². The number of benzene rings is 9. The quantitative estimate of drug-likeness (QED) is 0.106. The molecule has 0 N–H and O–H groups in total. The monoisotopic (exact) mass is 898 g/mol. The van der Waals surface area contributed by atoms with Crippen molar-refractivity contribution in [3.05, 3.63) is 248 Å². The van der Waals surface area contributed by atoms with Crippen LogP contribution in [0.25, 0.3) is 104 Å². The summed E-state index contributed by atoms with van der Waals surface area (Å²) in [6, 6.07) is 83.9. The van der Waals surface area contributed by atoms with E-state index in [9.17, 15) is 0 Å². The van der Waals surface area contributed by atoms with Gasteiger partial charge in [0.15, 0.2) is 23.6 Å². The summed E-state index contributed by atoms with van der Waals surface area (Å²) in [5.41, 5.74) is 15.9. The van der Waals surface area contributed by atoms with Gasteiger partial charge in [0.05, 0.1) is 28.2 Å². The molecule has 3 aromatic heterocycles. The summed E-state index contributed by atoms with van der Waals surface area (Å²) < 4.78 is 5.16. The highest BCUT2D eigenvalue weighted by Gasteiger charge is 2.60. The Bertz CT molecular complexity index is 3930. The van der Waals surface area contributed by atoms with Gasteiger partial charge in [-0.25, -0.2) is 0 Å². The molecule has 12 aromatic rings. The van der Waals surface area contributed by atoms with Crippen LogP contribution in [0.3, 0.4) is 0 Å². The standard InChI is InChI=1S/C68H54N2/c1-4-67(3)64-35-34-51(44-63(64)65-33-14-15-37-70(65)68(67,5-2)45-56-43-52-22-9-13-30-62(52)66-61-29-12-8-21-48(61)36-38-69(56)66)49-25-16-26-50(39-49)53-40-54(59-31-17-23-46-19-6-10-27-57(46)59)42-55(41-53)60-32-18-24-47-20-7-11-28-58(47)60/h6-44H,4-5,45H2,1-3H3/q+2. The lowest BCUT2D eigenvalue weighted by atomic mass is 9.58. The van der Waals surface area contributed by atoms with Gasteiger partial charge in [-0.2, -0.15) is 8.97 Å². The van der Waals surface area contributed by atoms with Crippen LogP contribution < -0.4 is 8.97 Å². The maximum atomic E-state index is 2.66. The van der Waals surface area contributed by atoms with Crippen molar-refractivity contribution in [2.75, 3.05) is 0 Å². The number of hydrogen-bond acceptors (Lipinski definition) is 0. The van der Waals surface area contributed by atoms with Crippen molar-refractivity contribution in [2.45, 2.75) is 51.0 Å². The number of aromatic nitrogens is 2. The van der Waals surface area contributed by atoms with Gasteiger partial charge < -0.3 is 0 Å². The van der Waals surface area contributed by atoms with Crippen molar-refractivity contribution in [1.82, 2.24) is 0 Å². The molecule has 0 fully saturated rings. The largest absolute Gasteiger partial charge is 0.226 e. The molecule has 70 heavy (non-hydrogen) atoms. The summed E-state index contributed by atoms with van der Waals surface area (Å²) in [6.07, 6.45) is 7.52. The summed E-state index contributed by atoms with van der Waals surface area (Å²) >= 11 is 0. The van der Waals surface area contributed by atoms with Gasteiger partial charge in [0.25, 0.3) is 0 Å². The topological polar surface area (TPSA) is 7.98 Å². The fourth-order valence-electron chi connectivity index (χ4n) is 12.6. The van der Waals surface area contributed by atoms with Gasteiger partial charge in [-0.3, -0.25) is 0 Å². The average molecular weight is 899 g/mol. The summed E-state index contributed by atoms with van der Waals surface area (Å²) in [5, 5.41) is 10.1. The lowest BCUT2D eigenvalue weighted by Crippen LogP contribution is -2.70. The third-order valence-electron chi connectivity index (χ3n) is 16.4. The molecule has 0 radical (unpaired) electrons. The van der Waals surface area contributed by atoms with E-state index in [1.165, 1.54) is 116 Å². The molecule has 2 heteroatoms. The second-order valence-corrected chi connectivity index (χ2v) is 19.7. The Kier molecular flexibility index (Phi) is 9.89. The molecule has 0 bridgehead atoms. The van der Waals surface area contributed by atoms with Crippen LogP contribution in [-0.4, -0.2) is 0 Å². The highest BCUT2D eigenvalue weighted by Crippen LogP contribution is 2.52. The molecular formula is C68H54N2+2. The average Bonchev–Trinajstić information content (AvgIpc) is 3.43. The SMILES string of the molecule is CCC1(C)c2ccc(-c3cccc(-c4cc(-c5cccc6ccccc56)cc(-c5cccc6ccccc56)c4)c3)cc2-c2cccc[n+]2C1(CC)Cc1cc2ccccc2c2c3ccccc3cc[n+]12. The van der Waals surface area contributed by atoms with Crippen LogP contribution >= 0.6 is 0 Å². The van der Waals surface area contributed by atoms with Crippen LogP contribution in [0, 0.1) is 0 Å². The molecule has 13 rings (SSSR count). The minimum atomic E-state index is -0.252. The molecule has 0 spiro atoms. The Morgan fingerprint density at radius 3 is 1.54 bits per heavy atom. The maximum Gasteiger partial charge on any atom is 0.226 e. The van der Waals surface area contributed by atoms with Gasteiger partial charge in [0.1, 0.15) is 0 Å². The van der Waals surface area contributed by atoms with E-state index in [1.807, 2.05) is 0 Å². The van der Waals surface area contributed by atoms with Crippen molar-refractivity contribution >= 4 is 48.6 Å². The van der Waals surface area contributed by atoms with E-state index in [2.05, 4.69) is 267 Å². The summed E-state index contributed by atoms with van der Waals surface area (Å²) in [7, 11) is 0. The van der Waals surface area contributed by atoms with Crippen molar-refractivity contribution in [3.8, 4) is 55.8 Å². The van der Waals surface area contributed by atoms with E-state index in [0.29, 0.717) is 0 Å². The Morgan fingerprint density at radius 1 is 0.371 bits per heavy atom. The molecule has 1 aliphatic rings. The van der Waals surface area contributed by atoms with Crippen LogP contribution in [0.2, 0.25) is 0 Å². The third-order valence-corrected chi connectivity index (χ3v) is 16.4. The lowest BCUT2D eigenvalue weighted by molar-refractivity contribution is -0.771. The second-order valence-electron chi connectivity index (χ2n) is 19.7. The van der Waals surface area contributed by atoms with E-state index in [-0.39, 0.29) is 11.0 Å². The van der Waals surface area contributed by atoms with E-state index in [1.54, 1.807) is 0 Å². The molecule has 2 nitrogen and oxygen atoms in total. The Labute approximate surface area is 410 Å². The van der Waals surface area contributed by atoms with Gasteiger partial charge in [-0.1, -0.05) is 166 Å². The first-order valence-corrected chi connectivity index (χ1v) is 25.1.